The molecule has 2 aromatic rings. The number of hydrogen-bond acceptors (Lipinski definition) is 3. The van der Waals surface area contributed by atoms with Gasteiger partial charge < -0.3 is 14.0 Å². The summed E-state index contributed by atoms with van der Waals surface area (Å²) in [5.74, 6) is -0.515. The highest BCUT2D eigenvalue weighted by atomic mass is 19.4. The van der Waals surface area contributed by atoms with Crippen molar-refractivity contribution in [1.82, 2.24) is 14.3 Å². The van der Waals surface area contributed by atoms with Crippen molar-refractivity contribution in [2.45, 2.75) is 19.2 Å². The molecule has 1 amide bonds. The number of carbonyl (C=O) groups is 1. The van der Waals surface area contributed by atoms with Crippen LogP contribution in [0.4, 0.5) is 13.2 Å². The van der Waals surface area contributed by atoms with Gasteiger partial charge in [0.2, 0.25) is 0 Å². The number of pyridine rings is 1. The number of amides is 1. The van der Waals surface area contributed by atoms with Crippen LogP contribution in [0, 0.1) is 6.92 Å². The summed E-state index contributed by atoms with van der Waals surface area (Å²) in [4.78, 5) is 17.7. The minimum absolute atomic E-state index is 0.123. The fraction of sp³-hybridized carbons (Fsp3) is 0.429. The molecule has 0 spiro atoms. The van der Waals surface area contributed by atoms with E-state index in [2.05, 4.69) is 9.72 Å². The fourth-order valence-electron chi connectivity index (χ4n) is 2.40. The van der Waals surface area contributed by atoms with E-state index in [0.29, 0.717) is 5.65 Å². The lowest BCUT2D eigenvalue weighted by molar-refractivity contribution is -0.233. The van der Waals surface area contributed by atoms with Gasteiger partial charge in [0.15, 0.2) is 6.10 Å². The van der Waals surface area contributed by atoms with E-state index in [4.69, 9.17) is 0 Å². The van der Waals surface area contributed by atoms with Gasteiger partial charge in [0.05, 0.1) is 13.2 Å². The number of halogens is 3. The summed E-state index contributed by atoms with van der Waals surface area (Å²) >= 11 is 0. The van der Waals surface area contributed by atoms with Crippen LogP contribution in [0.25, 0.3) is 5.65 Å². The van der Waals surface area contributed by atoms with Crippen molar-refractivity contribution in [3.05, 3.63) is 35.8 Å². The molecule has 22 heavy (non-hydrogen) atoms. The van der Waals surface area contributed by atoms with E-state index in [1.165, 1.54) is 6.20 Å². The first-order valence-electron chi connectivity index (χ1n) is 6.77. The molecular formula is C14H14F3N3O2. The summed E-state index contributed by atoms with van der Waals surface area (Å²) < 4.78 is 44.5. The lowest BCUT2D eigenvalue weighted by atomic mass is 10.2. The highest BCUT2D eigenvalue weighted by molar-refractivity contribution is 5.93. The third-order valence-electron chi connectivity index (χ3n) is 3.54. The van der Waals surface area contributed by atoms with Crippen molar-refractivity contribution in [3.63, 3.8) is 0 Å². The number of hydrogen-bond donors (Lipinski definition) is 0. The van der Waals surface area contributed by atoms with Gasteiger partial charge in [0, 0.05) is 18.9 Å². The maximum absolute atomic E-state index is 12.7. The smallest absolute Gasteiger partial charge is 0.365 e. The molecular weight excluding hydrogens is 299 g/mol. The summed E-state index contributed by atoms with van der Waals surface area (Å²) in [7, 11) is 0. The van der Waals surface area contributed by atoms with Gasteiger partial charge in [0.25, 0.3) is 5.91 Å². The zero-order valence-corrected chi connectivity index (χ0v) is 11.8. The molecule has 5 nitrogen and oxygen atoms in total. The van der Waals surface area contributed by atoms with E-state index in [9.17, 15) is 18.0 Å². The molecule has 1 saturated heterocycles. The van der Waals surface area contributed by atoms with Crippen molar-refractivity contribution in [1.29, 1.82) is 0 Å². The van der Waals surface area contributed by atoms with Crippen LogP contribution < -0.4 is 0 Å². The summed E-state index contributed by atoms with van der Waals surface area (Å²) in [5, 5.41) is 0. The molecule has 0 aromatic carbocycles. The number of fused-ring (bicyclic) bond motifs is 1. The van der Waals surface area contributed by atoms with E-state index < -0.39 is 24.7 Å². The van der Waals surface area contributed by atoms with Crippen LogP contribution in [0.15, 0.2) is 24.5 Å². The van der Waals surface area contributed by atoms with Crippen molar-refractivity contribution in [2.75, 3.05) is 19.7 Å². The normalized spacial score (nSPS) is 19.6. The van der Waals surface area contributed by atoms with Crippen LogP contribution in [-0.2, 0) is 4.74 Å². The summed E-state index contributed by atoms with van der Waals surface area (Å²) in [5.41, 5.74) is 1.70. The second kappa shape index (κ2) is 5.28. The van der Waals surface area contributed by atoms with Gasteiger partial charge in [-0.3, -0.25) is 4.79 Å². The molecule has 8 heteroatoms. The highest BCUT2D eigenvalue weighted by Crippen LogP contribution is 2.26. The average molecular weight is 313 g/mol. The molecule has 0 bridgehead atoms. The molecule has 0 aliphatic carbocycles. The Hall–Kier alpha value is -2.09. The van der Waals surface area contributed by atoms with Crippen LogP contribution in [0.3, 0.4) is 0 Å². The number of aryl methyl sites for hydroxylation is 1. The monoisotopic (exact) mass is 313 g/mol. The molecule has 0 N–H and O–H groups in total. The Kier molecular flexibility index (Phi) is 3.56. The van der Waals surface area contributed by atoms with Gasteiger partial charge in [-0.15, -0.1) is 0 Å². The molecule has 2 aromatic heterocycles. The molecule has 3 heterocycles. The van der Waals surface area contributed by atoms with Gasteiger partial charge in [-0.2, -0.15) is 13.2 Å². The van der Waals surface area contributed by atoms with E-state index in [1.54, 1.807) is 16.7 Å². The SMILES string of the molecule is Cc1ccc2nc(C(=O)N3CCOC(C(F)(F)F)C3)cn2c1. The van der Waals surface area contributed by atoms with Gasteiger partial charge in [-0.25, -0.2) is 4.98 Å². The maximum Gasteiger partial charge on any atom is 0.416 e. The Morgan fingerprint density at radius 3 is 2.86 bits per heavy atom. The Morgan fingerprint density at radius 2 is 2.14 bits per heavy atom. The lowest BCUT2D eigenvalue weighted by Gasteiger charge is -2.33. The Morgan fingerprint density at radius 1 is 1.36 bits per heavy atom. The number of alkyl halides is 3. The molecule has 1 unspecified atom stereocenters. The van der Waals surface area contributed by atoms with E-state index in [-0.39, 0.29) is 18.8 Å². The van der Waals surface area contributed by atoms with Crippen molar-refractivity contribution < 1.29 is 22.7 Å². The van der Waals surface area contributed by atoms with Crippen molar-refractivity contribution >= 4 is 11.6 Å². The molecule has 3 rings (SSSR count). The van der Waals surface area contributed by atoms with E-state index >= 15 is 0 Å². The standard InChI is InChI=1S/C14H14F3N3O2/c1-9-2-3-12-18-10(7-20(12)6-9)13(21)19-4-5-22-11(8-19)14(15,16)17/h2-3,6-7,11H,4-5,8H2,1H3. The number of rotatable bonds is 1. The van der Waals surface area contributed by atoms with E-state index in [0.717, 1.165) is 10.5 Å². The van der Waals surface area contributed by atoms with Gasteiger partial charge >= 0.3 is 6.18 Å². The summed E-state index contributed by atoms with van der Waals surface area (Å²) in [6, 6.07) is 3.61. The molecule has 0 radical (unpaired) electrons. The van der Waals surface area contributed by atoms with Crippen molar-refractivity contribution in [3.8, 4) is 0 Å². The number of imidazole rings is 1. The second-order valence-electron chi connectivity index (χ2n) is 5.25. The minimum atomic E-state index is -4.48. The zero-order chi connectivity index (χ0) is 15.9. The minimum Gasteiger partial charge on any atom is -0.365 e. The molecule has 1 aliphatic rings. The van der Waals surface area contributed by atoms with Crippen LogP contribution >= 0.6 is 0 Å². The van der Waals surface area contributed by atoms with E-state index in [1.807, 2.05) is 13.0 Å². The number of morpholine rings is 1. The topological polar surface area (TPSA) is 46.8 Å². The van der Waals surface area contributed by atoms with Gasteiger partial charge in [0.1, 0.15) is 11.3 Å². The third kappa shape index (κ3) is 2.78. The number of nitrogens with zero attached hydrogens (tertiary/aromatic N) is 3. The number of aromatic nitrogens is 2. The molecule has 118 valence electrons. The second-order valence-corrected chi connectivity index (χ2v) is 5.25. The summed E-state index contributed by atoms with van der Waals surface area (Å²) in [6.45, 7) is 1.38. The molecule has 0 saturated carbocycles. The van der Waals surface area contributed by atoms with Crippen LogP contribution in [0.1, 0.15) is 16.1 Å². The molecule has 1 aliphatic heterocycles. The van der Waals surface area contributed by atoms with Crippen molar-refractivity contribution in [2.24, 2.45) is 0 Å². The summed E-state index contributed by atoms with van der Waals surface area (Å²) in [6.07, 6.45) is -3.08. The first-order valence-corrected chi connectivity index (χ1v) is 6.77. The first kappa shape index (κ1) is 14.8. The lowest BCUT2D eigenvalue weighted by Crippen LogP contribution is -2.51. The number of ether oxygens (including phenoxy) is 1. The third-order valence-corrected chi connectivity index (χ3v) is 3.54. The molecule has 1 atom stereocenters. The van der Waals surface area contributed by atoms with Gasteiger partial charge in [-0.1, -0.05) is 6.07 Å². The van der Waals surface area contributed by atoms with Crippen LogP contribution in [0.5, 0.6) is 0 Å². The maximum atomic E-state index is 12.7. The first-order chi connectivity index (χ1) is 10.3. The number of carbonyl (C=O) groups excluding carboxylic acids is 1. The van der Waals surface area contributed by atoms with Crippen LogP contribution in [-0.4, -0.2) is 52.2 Å². The Bertz CT molecular complexity index is 711. The predicted octanol–water partition coefficient (Wildman–Crippen LogP) is 2.05. The zero-order valence-electron chi connectivity index (χ0n) is 11.8. The Balaban J connectivity index is 1.82. The Labute approximate surface area is 124 Å². The predicted molar refractivity (Wildman–Crippen MR) is 71.6 cm³/mol. The largest absolute Gasteiger partial charge is 0.416 e. The van der Waals surface area contributed by atoms with Crippen LogP contribution in [0.2, 0.25) is 0 Å². The quantitative estimate of drug-likeness (QED) is 0.809. The molecule has 1 fully saturated rings. The fourth-order valence-corrected chi connectivity index (χ4v) is 2.40. The highest BCUT2D eigenvalue weighted by Gasteiger charge is 2.44. The average Bonchev–Trinajstić information content (AvgIpc) is 2.88. The van der Waals surface area contributed by atoms with Gasteiger partial charge in [-0.05, 0) is 18.6 Å².